The number of hydrogen-bond donors (Lipinski definition) is 4. The minimum atomic E-state index is -1.59. The van der Waals surface area contributed by atoms with Crippen molar-refractivity contribution >= 4 is 11.9 Å². The summed E-state index contributed by atoms with van der Waals surface area (Å²) in [4.78, 5) is 25.0. The molecule has 0 saturated carbocycles. The van der Waals surface area contributed by atoms with Gasteiger partial charge in [0.05, 0.1) is 13.2 Å². The predicted molar refractivity (Wildman–Crippen MR) is 178 cm³/mol. The molecule has 1 rings (SSSR count). The van der Waals surface area contributed by atoms with Gasteiger partial charge in [0.15, 0.2) is 12.4 Å². The Morgan fingerprint density at radius 1 is 0.652 bits per heavy atom. The van der Waals surface area contributed by atoms with E-state index in [1.165, 1.54) is 57.8 Å². The molecule has 46 heavy (non-hydrogen) atoms. The summed E-state index contributed by atoms with van der Waals surface area (Å²) >= 11 is 0. The Kier molecular flexibility index (Phi) is 26.3. The van der Waals surface area contributed by atoms with E-state index in [0.717, 1.165) is 57.8 Å². The molecule has 0 aromatic heterocycles. The Hall–Kier alpha value is -1.56. The van der Waals surface area contributed by atoms with E-state index in [-0.39, 0.29) is 32.0 Å². The SMILES string of the molecule is CCCCC/C=C\CCCCCCCC(=O)OC(COC(=O)CCCCCCCCCCC)COC1OC(CO)C(O)C(O)C1O. The molecule has 270 valence electrons. The minimum absolute atomic E-state index is 0.217. The maximum absolute atomic E-state index is 12.6. The molecule has 0 radical (unpaired) electrons. The van der Waals surface area contributed by atoms with Crippen LogP contribution in [0.15, 0.2) is 12.2 Å². The van der Waals surface area contributed by atoms with Gasteiger partial charge in [0.1, 0.15) is 31.0 Å². The van der Waals surface area contributed by atoms with Crippen molar-refractivity contribution in [2.45, 2.75) is 185 Å². The second-order valence-corrected chi connectivity index (χ2v) is 12.7. The van der Waals surface area contributed by atoms with E-state index in [0.29, 0.717) is 6.42 Å². The zero-order chi connectivity index (χ0) is 33.8. The molecule has 0 aliphatic carbocycles. The van der Waals surface area contributed by atoms with Crippen LogP contribution < -0.4 is 0 Å². The molecule has 0 amide bonds. The Morgan fingerprint density at radius 3 is 1.74 bits per heavy atom. The molecule has 1 fully saturated rings. The summed E-state index contributed by atoms with van der Waals surface area (Å²) in [5.74, 6) is -0.819. The van der Waals surface area contributed by atoms with Gasteiger partial charge in [0.25, 0.3) is 0 Å². The van der Waals surface area contributed by atoms with Crippen LogP contribution in [0.25, 0.3) is 0 Å². The normalized spacial score (nSPS) is 22.3. The molecule has 0 aromatic carbocycles. The van der Waals surface area contributed by atoms with Crippen molar-refractivity contribution in [2.24, 2.45) is 0 Å². The highest BCUT2D eigenvalue weighted by molar-refractivity contribution is 5.70. The average molecular weight is 659 g/mol. The van der Waals surface area contributed by atoms with Crippen molar-refractivity contribution in [3.05, 3.63) is 12.2 Å². The molecule has 1 saturated heterocycles. The van der Waals surface area contributed by atoms with Crippen LogP contribution in [-0.2, 0) is 28.5 Å². The third-order valence-corrected chi connectivity index (χ3v) is 8.40. The summed E-state index contributed by atoms with van der Waals surface area (Å²) in [6.45, 7) is 3.34. The molecule has 1 aliphatic rings. The lowest BCUT2D eigenvalue weighted by molar-refractivity contribution is -0.305. The lowest BCUT2D eigenvalue weighted by Gasteiger charge is -2.39. The number of hydrogen-bond acceptors (Lipinski definition) is 10. The number of carbonyl (C=O) groups is 2. The van der Waals surface area contributed by atoms with Crippen LogP contribution in [-0.4, -0.2) is 89.0 Å². The predicted octanol–water partition coefficient (Wildman–Crippen LogP) is 6.05. The first-order valence-electron chi connectivity index (χ1n) is 18.3. The summed E-state index contributed by atoms with van der Waals surface area (Å²) in [5.41, 5.74) is 0. The summed E-state index contributed by atoms with van der Waals surface area (Å²) in [6, 6.07) is 0. The number of aliphatic hydroxyl groups excluding tert-OH is 4. The molecule has 6 unspecified atom stereocenters. The Balaban J connectivity index is 2.44. The fraction of sp³-hybridized carbons (Fsp3) is 0.889. The van der Waals surface area contributed by atoms with Gasteiger partial charge in [0, 0.05) is 12.8 Å². The maximum Gasteiger partial charge on any atom is 0.306 e. The lowest BCUT2D eigenvalue weighted by atomic mass is 9.99. The largest absolute Gasteiger partial charge is 0.462 e. The first kappa shape index (κ1) is 42.5. The average Bonchev–Trinajstić information content (AvgIpc) is 3.05. The number of carbonyl (C=O) groups excluding carboxylic acids is 2. The summed E-state index contributed by atoms with van der Waals surface area (Å²) in [5, 5.41) is 39.8. The topological polar surface area (TPSA) is 152 Å². The summed E-state index contributed by atoms with van der Waals surface area (Å²) in [7, 11) is 0. The van der Waals surface area contributed by atoms with E-state index in [9.17, 15) is 30.0 Å². The van der Waals surface area contributed by atoms with Gasteiger partial charge in [-0.2, -0.15) is 0 Å². The number of ether oxygens (including phenoxy) is 4. The molecular weight excluding hydrogens is 592 g/mol. The van der Waals surface area contributed by atoms with Crippen molar-refractivity contribution < 1.29 is 49.0 Å². The second-order valence-electron chi connectivity index (χ2n) is 12.7. The van der Waals surface area contributed by atoms with Crippen molar-refractivity contribution in [2.75, 3.05) is 19.8 Å². The molecule has 0 aromatic rings. The Bertz CT molecular complexity index is 774. The monoisotopic (exact) mass is 658 g/mol. The van der Waals surface area contributed by atoms with E-state index < -0.39 is 49.4 Å². The number of rotatable bonds is 29. The number of esters is 2. The highest BCUT2D eigenvalue weighted by Gasteiger charge is 2.44. The van der Waals surface area contributed by atoms with E-state index in [1.807, 2.05) is 0 Å². The van der Waals surface area contributed by atoms with Gasteiger partial charge in [-0.25, -0.2) is 0 Å². The molecule has 10 nitrogen and oxygen atoms in total. The fourth-order valence-corrected chi connectivity index (χ4v) is 5.42. The van der Waals surface area contributed by atoms with Crippen molar-refractivity contribution in [3.63, 3.8) is 0 Å². The molecule has 1 aliphatic heterocycles. The zero-order valence-corrected chi connectivity index (χ0v) is 28.8. The Morgan fingerprint density at radius 2 is 1.15 bits per heavy atom. The van der Waals surface area contributed by atoms with Crippen molar-refractivity contribution in [1.29, 1.82) is 0 Å². The van der Waals surface area contributed by atoms with Gasteiger partial charge in [-0.3, -0.25) is 9.59 Å². The van der Waals surface area contributed by atoms with Gasteiger partial charge >= 0.3 is 11.9 Å². The highest BCUT2D eigenvalue weighted by Crippen LogP contribution is 2.22. The highest BCUT2D eigenvalue weighted by atomic mass is 16.7. The third kappa shape index (κ3) is 20.6. The second kappa shape index (κ2) is 28.5. The van der Waals surface area contributed by atoms with Gasteiger partial charge in [-0.05, 0) is 38.5 Å². The molecular formula is C36H66O10. The summed E-state index contributed by atoms with van der Waals surface area (Å²) < 4.78 is 22.0. The zero-order valence-electron chi connectivity index (χ0n) is 28.8. The van der Waals surface area contributed by atoms with Crippen LogP contribution in [0.5, 0.6) is 0 Å². The van der Waals surface area contributed by atoms with Crippen LogP contribution in [0.1, 0.15) is 149 Å². The lowest BCUT2D eigenvalue weighted by Crippen LogP contribution is -2.59. The smallest absolute Gasteiger partial charge is 0.306 e. The first-order valence-corrected chi connectivity index (χ1v) is 18.3. The maximum atomic E-state index is 12.6. The minimum Gasteiger partial charge on any atom is -0.462 e. The Labute approximate surface area is 278 Å². The molecule has 0 spiro atoms. The van der Waals surface area contributed by atoms with E-state index in [4.69, 9.17) is 18.9 Å². The quantitative estimate of drug-likeness (QED) is 0.0425. The van der Waals surface area contributed by atoms with E-state index in [2.05, 4.69) is 26.0 Å². The van der Waals surface area contributed by atoms with Gasteiger partial charge in [0.2, 0.25) is 0 Å². The molecule has 0 bridgehead atoms. The summed E-state index contributed by atoms with van der Waals surface area (Å²) in [6.07, 6.45) is 18.0. The molecule has 4 N–H and O–H groups in total. The molecule has 1 heterocycles. The van der Waals surface area contributed by atoms with Crippen LogP contribution in [0.4, 0.5) is 0 Å². The van der Waals surface area contributed by atoms with E-state index in [1.54, 1.807) is 0 Å². The number of unbranched alkanes of at least 4 members (excludes halogenated alkanes) is 16. The van der Waals surface area contributed by atoms with Crippen LogP contribution >= 0.6 is 0 Å². The third-order valence-electron chi connectivity index (χ3n) is 8.40. The van der Waals surface area contributed by atoms with Crippen LogP contribution in [0.2, 0.25) is 0 Å². The van der Waals surface area contributed by atoms with Crippen molar-refractivity contribution in [3.8, 4) is 0 Å². The van der Waals surface area contributed by atoms with Gasteiger partial charge in [-0.15, -0.1) is 0 Å². The van der Waals surface area contributed by atoms with Crippen molar-refractivity contribution in [1.82, 2.24) is 0 Å². The van der Waals surface area contributed by atoms with E-state index >= 15 is 0 Å². The molecule has 6 atom stereocenters. The van der Waals surface area contributed by atoms with Gasteiger partial charge in [-0.1, -0.05) is 109 Å². The first-order chi connectivity index (χ1) is 22.3. The fourth-order valence-electron chi connectivity index (χ4n) is 5.42. The standard InChI is InChI=1S/C36H66O10/c1-3-5-7-9-11-13-14-15-17-19-21-23-25-32(39)45-29(28-44-36-35(42)34(41)33(40)30(26-37)46-36)27-43-31(38)24-22-20-18-16-12-10-8-6-4-2/h11,13,29-30,33-37,40-42H,3-10,12,14-28H2,1-2H3/b13-11-. The van der Waals surface area contributed by atoms with Crippen LogP contribution in [0, 0.1) is 0 Å². The van der Waals surface area contributed by atoms with Gasteiger partial charge < -0.3 is 39.4 Å². The number of allylic oxidation sites excluding steroid dienone is 2. The number of aliphatic hydroxyl groups is 4. The molecule has 10 heteroatoms. The van der Waals surface area contributed by atoms with Crippen LogP contribution in [0.3, 0.4) is 0 Å².